The fourth-order valence-corrected chi connectivity index (χ4v) is 2.45. The molecule has 108 valence electrons. The van der Waals surface area contributed by atoms with Gasteiger partial charge in [0.2, 0.25) is 5.91 Å². The Labute approximate surface area is 117 Å². The number of hydrogen-bond acceptors (Lipinski definition) is 4. The van der Waals surface area contributed by atoms with Gasteiger partial charge in [0.1, 0.15) is 5.82 Å². The third-order valence-electron chi connectivity index (χ3n) is 3.64. The molecule has 1 amide bonds. The van der Waals surface area contributed by atoms with Crippen LogP contribution < -0.4 is 10.2 Å². The van der Waals surface area contributed by atoms with Gasteiger partial charge < -0.3 is 15.3 Å². The molecule has 20 heavy (non-hydrogen) atoms. The van der Waals surface area contributed by atoms with Crippen molar-refractivity contribution >= 4 is 17.7 Å². The van der Waals surface area contributed by atoms with Crippen molar-refractivity contribution in [3.63, 3.8) is 0 Å². The fourth-order valence-electron chi connectivity index (χ4n) is 2.45. The highest BCUT2D eigenvalue weighted by atomic mass is 16.4. The second kappa shape index (κ2) is 6.36. The Balaban J connectivity index is 1.95. The van der Waals surface area contributed by atoms with Gasteiger partial charge in [0, 0.05) is 26.6 Å². The Kier molecular flexibility index (Phi) is 4.55. The normalized spacial score (nSPS) is 15.9. The van der Waals surface area contributed by atoms with Crippen molar-refractivity contribution in [3.05, 3.63) is 23.9 Å². The van der Waals surface area contributed by atoms with Gasteiger partial charge in [-0.3, -0.25) is 4.79 Å². The molecule has 1 aliphatic heterocycles. The highest BCUT2D eigenvalue weighted by molar-refractivity contribution is 5.85. The fraction of sp³-hybridized carbons (Fsp3) is 0.500. The zero-order chi connectivity index (χ0) is 14.5. The van der Waals surface area contributed by atoms with E-state index in [-0.39, 0.29) is 11.6 Å². The van der Waals surface area contributed by atoms with E-state index in [4.69, 9.17) is 5.11 Å². The van der Waals surface area contributed by atoms with E-state index in [2.05, 4.69) is 15.2 Å². The first kappa shape index (κ1) is 14.3. The van der Waals surface area contributed by atoms with E-state index in [1.54, 1.807) is 13.1 Å². The first-order valence-corrected chi connectivity index (χ1v) is 6.76. The van der Waals surface area contributed by atoms with Gasteiger partial charge in [-0.1, -0.05) is 6.07 Å². The van der Waals surface area contributed by atoms with Gasteiger partial charge in [-0.2, -0.15) is 0 Å². The molecule has 6 nitrogen and oxygen atoms in total. The van der Waals surface area contributed by atoms with Gasteiger partial charge in [0.05, 0.1) is 0 Å². The zero-order valence-electron chi connectivity index (χ0n) is 11.5. The number of carbonyl (C=O) groups is 2. The molecule has 0 spiro atoms. The first-order chi connectivity index (χ1) is 9.60. The van der Waals surface area contributed by atoms with E-state index in [0.29, 0.717) is 18.2 Å². The summed E-state index contributed by atoms with van der Waals surface area (Å²) in [4.78, 5) is 28.5. The molecule has 0 aromatic carbocycles. The summed E-state index contributed by atoms with van der Waals surface area (Å²) >= 11 is 0. The highest BCUT2D eigenvalue weighted by Crippen LogP contribution is 2.24. The lowest BCUT2D eigenvalue weighted by Crippen LogP contribution is -2.36. The molecule has 6 heteroatoms. The number of piperidine rings is 1. The zero-order valence-corrected chi connectivity index (χ0v) is 11.5. The van der Waals surface area contributed by atoms with Crippen molar-refractivity contribution in [2.24, 2.45) is 5.92 Å². The SMILES string of the molecule is CNC(=O)CC1CCN(c2cccc(C(=O)O)n2)CC1. The maximum absolute atomic E-state index is 11.3. The number of nitrogens with one attached hydrogen (secondary N) is 1. The van der Waals surface area contributed by atoms with Crippen molar-refractivity contribution < 1.29 is 14.7 Å². The third kappa shape index (κ3) is 3.46. The van der Waals surface area contributed by atoms with E-state index >= 15 is 0 Å². The highest BCUT2D eigenvalue weighted by Gasteiger charge is 2.22. The molecule has 1 aromatic rings. The lowest BCUT2D eigenvalue weighted by atomic mass is 9.93. The Morgan fingerprint density at radius 1 is 1.40 bits per heavy atom. The number of aromatic carboxylic acids is 1. The summed E-state index contributed by atoms with van der Waals surface area (Å²) in [5.41, 5.74) is 0.0648. The molecule has 0 unspecified atom stereocenters. The van der Waals surface area contributed by atoms with Gasteiger partial charge in [-0.25, -0.2) is 9.78 Å². The van der Waals surface area contributed by atoms with Crippen LogP contribution in [-0.4, -0.2) is 42.1 Å². The molecule has 0 aliphatic carbocycles. The Morgan fingerprint density at radius 3 is 2.70 bits per heavy atom. The average molecular weight is 277 g/mol. The molecule has 2 N–H and O–H groups in total. The summed E-state index contributed by atoms with van der Waals surface area (Å²) < 4.78 is 0. The minimum absolute atomic E-state index is 0.0648. The third-order valence-corrected chi connectivity index (χ3v) is 3.64. The molecule has 1 aliphatic rings. The number of hydrogen-bond donors (Lipinski definition) is 2. The largest absolute Gasteiger partial charge is 0.477 e. The molecular weight excluding hydrogens is 258 g/mol. The minimum Gasteiger partial charge on any atom is -0.477 e. The second-order valence-electron chi connectivity index (χ2n) is 4.99. The number of nitrogens with zero attached hydrogens (tertiary/aromatic N) is 2. The van der Waals surface area contributed by atoms with Crippen molar-refractivity contribution in [1.29, 1.82) is 0 Å². The predicted octanol–water partition coefficient (Wildman–Crippen LogP) is 1.13. The van der Waals surface area contributed by atoms with Gasteiger partial charge in [-0.15, -0.1) is 0 Å². The number of rotatable bonds is 4. The van der Waals surface area contributed by atoms with Crippen molar-refractivity contribution in [1.82, 2.24) is 10.3 Å². The maximum Gasteiger partial charge on any atom is 0.354 e. The van der Waals surface area contributed by atoms with Crippen LogP contribution in [-0.2, 0) is 4.79 Å². The molecule has 0 radical (unpaired) electrons. The lowest BCUT2D eigenvalue weighted by molar-refractivity contribution is -0.121. The maximum atomic E-state index is 11.3. The molecule has 0 saturated carbocycles. The summed E-state index contributed by atoms with van der Waals surface area (Å²) in [6, 6.07) is 5.03. The smallest absolute Gasteiger partial charge is 0.354 e. The molecule has 2 heterocycles. The topological polar surface area (TPSA) is 82.5 Å². The minimum atomic E-state index is -1.01. The van der Waals surface area contributed by atoms with Crippen LogP contribution >= 0.6 is 0 Å². The molecule has 1 fully saturated rings. The number of carbonyl (C=O) groups excluding carboxylic acids is 1. The molecule has 2 rings (SSSR count). The lowest BCUT2D eigenvalue weighted by Gasteiger charge is -2.32. The number of carboxylic acid groups (broad SMARTS) is 1. The summed E-state index contributed by atoms with van der Waals surface area (Å²) in [5, 5.41) is 11.6. The van der Waals surface area contributed by atoms with Crippen molar-refractivity contribution in [2.45, 2.75) is 19.3 Å². The summed E-state index contributed by atoms with van der Waals surface area (Å²) in [5.74, 6) is 0.160. The first-order valence-electron chi connectivity index (χ1n) is 6.76. The Morgan fingerprint density at radius 2 is 2.10 bits per heavy atom. The Bertz CT molecular complexity index is 496. The van der Waals surface area contributed by atoms with E-state index in [9.17, 15) is 9.59 Å². The Hall–Kier alpha value is -2.11. The van der Waals surface area contributed by atoms with Gasteiger partial charge in [0.15, 0.2) is 5.69 Å². The number of amides is 1. The van der Waals surface area contributed by atoms with E-state index in [1.165, 1.54) is 6.07 Å². The van der Waals surface area contributed by atoms with Crippen LogP contribution in [0.1, 0.15) is 29.8 Å². The summed E-state index contributed by atoms with van der Waals surface area (Å²) in [6.07, 6.45) is 2.41. The molecular formula is C14H19N3O3. The van der Waals surface area contributed by atoms with Crippen LogP contribution in [0.3, 0.4) is 0 Å². The second-order valence-corrected chi connectivity index (χ2v) is 4.99. The number of anilines is 1. The average Bonchev–Trinajstić information content (AvgIpc) is 2.48. The predicted molar refractivity (Wildman–Crippen MR) is 74.8 cm³/mol. The van der Waals surface area contributed by atoms with Crippen LogP contribution in [0, 0.1) is 5.92 Å². The summed E-state index contributed by atoms with van der Waals surface area (Å²) in [6.45, 7) is 1.61. The number of carboxylic acids is 1. The van der Waals surface area contributed by atoms with E-state index in [0.717, 1.165) is 25.9 Å². The van der Waals surface area contributed by atoms with Gasteiger partial charge >= 0.3 is 5.97 Å². The number of aromatic nitrogens is 1. The van der Waals surface area contributed by atoms with Gasteiger partial charge in [-0.05, 0) is 30.9 Å². The van der Waals surface area contributed by atoms with Crippen molar-refractivity contribution in [2.75, 3.05) is 25.0 Å². The monoisotopic (exact) mass is 277 g/mol. The molecule has 1 saturated heterocycles. The van der Waals surface area contributed by atoms with Crippen LogP contribution in [0.2, 0.25) is 0 Å². The van der Waals surface area contributed by atoms with Crippen molar-refractivity contribution in [3.8, 4) is 0 Å². The quantitative estimate of drug-likeness (QED) is 0.862. The number of pyridine rings is 1. The molecule has 0 atom stereocenters. The van der Waals surface area contributed by atoms with Crippen LogP contribution in [0.15, 0.2) is 18.2 Å². The van der Waals surface area contributed by atoms with E-state index < -0.39 is 5.97 Å². The molecule has 0 bridgehead atoms. The van der Waals surface area contributed by atoms with Gasteiger partial charge in [0.25, 0.3) is 0 Å². The van der Waals surface area contributed by atoms with Crippen LogP contribution in [0.25, 0.3) is 0 Å². The summed E-state index contributed by atoms with van der Waals surface area (Å²) in [7, 11) is 1.65. The standard InChI is InChI=1S/C14H19N3O3/c1-15-13(18)9-10-5-7-17(8-6-10)12-4-2-3-11(16-12)14(19)20/h2-4,10H,5-9H2,1H3,(H,15,18)(H,19,20). The van der Waals surface area contributed by atoms with Crippen LogP contribution in [0.5, 0.6) is 0 Å². The van der Waals surface area contributed by atoms with Crippen LogP contribution in [0.4, 0.5) is 5.82 Å². The molecule has 1 aromatic heterocycles. The van der Waals surface area contributed by atoms with E-state index in [1.807, 2.05) is 6.07 Å².